The molecule has 1 saturated carbocycles. The van der Waals surface area contributed by atoms with Gasteiger partial charge in [-0.25, -0.2) is 0 Å². The summed E-state index contributed by atoms with van der Waals surface area (Å²) in [6.45, 7) is 0. The SMILES string of the molecule is N#CC(CSc1ccc2ccccc2c1)NC1CC1. The van der Waals surface area contributed by atoms with Gasteiger partial charge in [0, 0.05) is 16.7 Å². The number of hydrogen-bond donors (Lipinski definition) is 1. The van der Waals surface area contributed by atoms with Crippen LogP contribution >= 0.6 is 11.8 Å². The van der Waals surface area contributed by atoms with Crippen LogP contribution in [0.15, 0.2) is 47.4 Å². The molecule has 1 fully saturated rings. The van der Waals surface area contributed by atoms with Crippen LogP contribution in [-0.4, -0.2) is 17.8 Å². The Hall–Kier alpha value is -1.50. The molecule has 0 spiro atoms. The van der Waals surface area contributed by atoms with Gasteiger partial charge < -0.3 is 0 Å². The van der Waals surface area contributed by atoms with Crippen molar-refractivity contribution < 1.29 is 0 Å². The van der Waals surface area contributed by atoms with Crippen molar-refractivity contribution in [2.45, 2.75) is 29.8 Å². The van der Waals surface area contributed by atoms with E-state index in [1.54, 1.807) is 11.8 Å². The number of fused-ring (bicyclic) bond motifs is 1. The highest BCUT2D eigenvalue weighted by atomic mass is 32.2. The number of rotatable bonds is 5. The lowest BCUT2D eigenvalue weighted by Gasteiger charge is -2.10. The molecule has 0 bridgehead atoms. The van der Waals surface area contributed by atoms with E-state index in [1.807, 2.05) is 0 Å². The molecule has 1 aliphatic carbocycles. The zero-order chi connectivity index (χ0) is 13.1. The molecule has 0 amide bonds. The van der Waals surface area contributed by atoms with E-state index in [9.17, 15) is 0 Å². The highest BCUT2D eigenvalue weighted by Gasteiger charge is 2.24. The van der Waals surface area contributed by atoms with Gasteiger partial charge in [0.2, 0.25) is 0 Å². The smallest absolute Gasteiger partial charge is 0.105 e. The molecule has 0 aliphatic heterocycles. The van der Waals surface area contributed by atoms with Crippen LogP contribution in [0, 0.1) is 11.3 Å². The maximum Gasteiger partial charge on any atom is 0.105 e. The van der Waals surface area contributed by atoms with Crippen LogP contribution in [0.5, 0.6) is 0 Å². The molecule has 3 rings (SSSR count). The molecule has 96 valence electrons. The molecule has 3 heteroatoms. The second-order valence-electron chi connectivity index (χ2n) is 4.94. The van der Waals surface area contributed by atoms with E-state index in [4.69, 9.17) is 5.26 Å². The normalized spacial score (nSPS) is 16.2. The minimum Gasteiger partial charge on any atom is -0.298 e. The van der Waals surface area contributed by atoms with Gasteiger partial charge in [0.15, 0.2) is 0 Å². The third kappa shape index (κ3) is 3.28. The molecule has 1 aliphatic rings. The Morgan fingerprint density at radius 3 is 2.74 bits per heavy atom. The van der Waals surface area contributed by atoms with Gasteiger partial charge in [-0.1, -0.05) is 30.3 Å². The van der Waals surface area contributed by atoms with E-state index in [0.717, 1.165) is 5.75 Å². The van der Waals surface area contributed by atoms with Crippen molar-refractivity contribution >= 4 is 22.5 Å². The molecule has 2 nitrogen and oxygen atoms in total. The van der Waals surface area contributed by atoms with Crippen molar-refractivity contribution in [3.05, 3.63) is 42.5 Å². The Balaban J connectivity index is 1.65. The summed E-state index contributed by atoms with van der Waals surface area (Å²) in [6.07, 6.45) is 2.44. The molecule has 0 saturated heterocycles. The number of nitrogens with zero attached hydrogens (tertiary/aromatic N) is 1. The Bertz CT molecular complexity index is 613. The lowest BCUT2D eigenvalue weighted by atomic mass is 10.1. The van der Waals surface area contributed by atoms with Crippen LogP contribution < -0.4 is 5.32 Å². The van der Waals surface area contributed by atoms with Gasteiger partial charge in [-0.15, -0.1) is 11.8 Å². The van der Waals surface area contributed by atoms with E-state index in [0.29, 0.717) is 6.04 Å². The van der Waals surface area contributed by atoms with Gasteiger partial charge >= 0.3 is 0 Å². The van der Waals surface area contributed by atoms with Crippen LogP contribution in [0.3, 0.4) is 0 Å². The van der Waals surface area contributed by atoms with E-state index >= 15 is 0 Å². The zero-order valence-electron chi connectivity index (χ0n) is 10.7. The van der Waals surface area contributed by atoms with E-state index in [2.05, 4.69) is 53.9 Å². The summed E-state index contributed by atoms with van der Waals surface area (Å²) in [4.78, 5) is 1.23. The molecule has 1 atom stereocenters. The topological polar surface area (TPSA) is 35.8 Å². The van der Waals surface area contributed by atoms with E-state index in [-0.39, 0.29) is 6.04 Å². The summed E-state index contributed by atoms with van der Waals surface area (Å²) in [7, 11) is 0. The Kier molecular flexibility index (Phi) is 3.72. The lowest BCUT2D eigenvalue weighted by molar-refractivity contribution is 0.644. The molecule has 2 aromatic rings. The highest BCUT2D eigenvalue weighted by Crippen LogP contribution is 2.25. The van der Waals surface area contributed by atoms with Crippen molar-refractivity contribution in [3.63, 3.8) is 0 Å². The average Bonchev–Trinajstić information content (AvgIpc) is 3.27. The molecule has 0 radical (unpaired) electrons. The third-order valence-electron chi connectivity index (χ3n) is 3.31. The molecule has 19 heavy (non-hydrogen) atoms. The van der Waals surface area contributed by atoms with Gasteiger partial charge in [0.1, 0.15) is 6.04 Å². The number of nitrogens with one attached hydrogen (secondary N) is 1. The standard InChI is InChI=1S/C16H16N2S/c17-10-15(18-14-6-7-14)11-19-16-8-5-12-3-1-2-4-13(12)9-16/h1-5,8-9,14-15,18H,6-7,11H2. The summed E-state index contributed by atoms with van der Waals surface area (Å²) >= 11 is 1.75. The van der Waals surface area contributed by atoms with Gasteiger partial charge in [-0.3, -0.25) is 5.32 Å². The van der Waals surface area contributed by atoms with Crippen LogP contribution in [-0.2, 0) is 0 Å². The molecule has 0 heterocycles. The van der Waals surface area contributed by atoms with Crippen molar-refractivity contribution in [2.24, 2.45) is 0 Å². The molecule has 1 N–H and O–H groups in total. The quantitative estimate of drug-likeness (QED) is 0.842. The maximum absolute atomic E-state index is 9.13. The van der Waals surface area contributed by atoms with E-state index in [1.165, 1.54) is 28.5 Å². The first-order valence-electron chi connectivity index (χ1n) is 6.62. The monoisotopic (exact) mass is 268 g/mol. The second-order valence-corrected chi connectivity index (χ2v) is 6.04. The van der Waals surface area contributed by atoms with Crippen LogP contribution in [0.4, 0.5) is 0 Å². The van der Waals surface area contributed by atoms with Crippen LogP contribution in [0.1, 0.15) is 12.8 Å². The Labute approximate surface area is 117 Å². The number of thioether (sulfide) groups is 1. The van der Waals surface area contributed by atoms with Crippen molar-refractivity contribution in [1.82, 2.24) is 5.32 Å². The molecule has 1 unspecified atom stereocenters. The second kappa shape index (κ2) is 5.64. The van der Waals surface area contributed by atoms with Crippen molar-refractivity contribution in [2.75, 3.05) is 5.75 Å². The Morgan fingerprint density at radius 1 is 1.21 bits per heavy atom. The van der Waals surface area contributed by atoms with Crippen molar-refractivity contribution in [3.8, 4) is 6.07 Å². The molecule has 2 aromatic carbocycles. The minimum absolute atomic E-state index is 0.0380. The van der Waals surface area contributed by atoms with Crippen LogP contribution in [0.2, 0.25) is 0 Å². The minimum atomic E-state index is -0.0380. The van der Waals surface area contributed by atoms with Gasteiger partial charge in [0.05, 0.1) is 6.07 Å². The van der Waals surface area contributed by atoms with E-state index < -0.39 is 0 Å². The van der Waals surface area contributed by atoms with Crippen LogP contribution in [0.25, 0.3) is 10.8 Å². The highest BCUT2D eigenvalue weighted by molar-refractivity contribution is 7.99. The van der Waals surface area contributed by atoms with Gasteiger partial charge in [0.25, 0.3) is 0 Å². The fourth-order valence-corrected chi connectivity index (χ4v) is 3.00. The zero-order valence-corrected chi connectivity index (χ0v) is 11.5. The summed E-state index contributed by atoms with van der Waals surface area (Å²) in [5, 5.41) is 15.0. The third-order valence-corrected chi connectivity index (χ3v) is 4.39. The number of benzene rings is 2. The Morgan fingerprint density at radius 2 is 2.00 bits per heavy atom. The molecule has 0 aromatic heterocycles. The summed E-state index contributed by atoms with van der Waals surface area (Å²) < 4.78 is 0. The first-order chi connectivity index (χ1) is 9.35. The number of hydrogen-bond acceptors (Lipinski definition) is 3. The first-order valence-corrected chi connectivity index (χ1v) is 7.61. The van der Waals surface area contributed by atoms with Gasteiger partial charge in [-0.05, 0) is 35.7 Å². The molecular weight excluding hydrogens is 252 g/mol. The first kappa shape index (κ1) is 12.5. The fraction of sp³-hybridized carbons (Fsp3) is 0.312. The summed E-state index contributed by atoms with van der Waals surface area (Å²) in [5.41, 5.74) is 0. The predicted octanol–water partition coefficient (Wildman–Crippen LogP) is 3.58. The molecular formula is C16H16N2S. The van der Waals surface area contributed by atoms with Gasteiger partial charge in [-0.2, -0.15) is 5.26 Å². The lowest BCUT2D eigenvalue weighted by Crippen LogP contribution is -2.31. The maximum atomic E-state index is 9.13. The summed E-state index contributed by atoms with van der Waals surface area (Å²) in [6, 6.07) is 17.7. The average molecular weight is 268 g/mol. The predicted molar refractivity (Wildman–Crippen MR) is 80.2 cm³/mol. The largest absolute Gasteiger partial charge is 0.298 e. The number of nitriles is 1. The fourth-order valence-electron chi connectivity index (χ4n) is 2.09. The van der Waals surface area contributed by atoms with Crippen molar-refractivity contribution in [1.29, 1.82) is 5.26 Å². The summed E-state index contributed by atoms with van der Waals surface area (Å²) in [5.74, 6) is 0.811.